The lowest BCUT2D eigenvalue weighted by Crippen LogP contribution is -2.13. The number of hydrogen-bond donors (Lipinski definition) is 2. The van der Waals surface area contributed by atoms with Gasteiger partial charge in [-0.15, -0.1) is 0 Å². The maximum atomic E-state index is 13.0. The number of nitrogens with zero attached hydrogens (tertiary/aromatic N) is 2. The van der Waals surface area contributed by atoms with Crippen LogP contribution in [0.3, 0.4) is 0 Å². The third kappa shape index (κ3) is 3.84. The predicted molar refractivity (Wildman–Crippen MR) is 108 cm³/mol. The summed E-state index contributed by atoms with van der Waals surface area (Å²) in [6.07, 6.45) is 0. The first-order valence-corrected chi connectivity index (χ1v) is 8.92. The van der Waals surface area contributed by atoms with Crippen LogP contribution in [0.5, 0.6) is 0 Å². The normalized spacial score (nSPS) is 10.8. The van der Waals surface area contributed by atoms with Crippen molar-refractivity contribution in [3.8, 4) is 0 Å². The van der Waals surface area contributed by atoms with E-state index in [9.17, 15) is 14.0 Å². The molecule has 0 fully saturated rings. The number of rotatable bonds is 5. The van der Waals surface area contributed by atoms with E-state index in [1.165, 1.54) is 24.3 Å². The number of primary amides is 1. The number of carbonyl (C=O) groups is 2. The van der Waals surface area contributed by atoms with Crippen LogP contribution in [0.4, 0.5) is 10.1 Å². The standard InChI is InChI=1S/C22H17FN4O2/c23-16-10-8-15(9-11-16)22(29)25-17-5-3-4-14(12-17)13-27-19-7-2-1-6-18(19)20(26-27)21(24)28/h1-12H,13H2,(H2,24,28)(H,25,29). The number of nitrogens with two attached hydrogens (primary N) is 1. The average Bonchev–Trinajstić information content (AvgIpc) is 3.08. The average molecular weight is 388 g/mol. The summed E-state index contributed by atoms with van der Waals surface area (Å²) in [6.45, 7) is 0.397. The number of hydrogen-bond acceptors (Lipinski definition) is 3. The highest BCUT2D eigenvalue weighted by molar-refractivity contribution is 6.04. The fourth-order valence-electron chi connectivity index (χ4n) is 3.15. The number of aromatic nitrogens is 2. The minimum Gasteiger partial charge on any atom is -0.364 e. The number of para-hydroxylation sites is 1. The molecule has 0 aliphatic rings. The highest BCUT2D eigenvalue weighted by Gasteiger charge is 2.14. The highest BCUT2D eigenvalue weighted by atomic mass is 19.1. The minimum atomic E-state index is -0.583. The monoisotopic (exact) mass is 388 g/mol. The number of benzene rings is 3. The van der Waals surface area contributed by atoms with Crippen molar-refractivity contribution < 1.29 is 14.0 Å². The van der Waals surface area contributed by atoms with E-state index < -0.39 is 11.7 Å². The quantitative estimate of drug-likeness (QED) is 0.548. The van der Waals surface area contributed by atoms with Gasteiger partial charge in [0.25, 0.3) is 11.8 Å². The Bertz CT molecular complexity index is 1220. The maximum absolute atomic E-state index is 13.0. The summed E-state index contributed by atoms with van der Waals surface area (Å²) in [5, 5.41) is 7.84. The van der Waals surface area contributed by atoms with Crippen molar-refractivity contribution in [3.05, 3.63) is 95.4 Å². The van der Waals surface area contributed by atoms with Crippen LogP contribution in [0.1, 0.15) is 26.4 Å². The van der Waals surface area contributed by atoms with Gasteiger partial charge in [0, 0.05) is 16.6 Å². The van der Waals surface area contributed by atoms with E-state index in [2.05, 4.69) is 10.4 Å². The van der Waals surface area contributed by atoms with Crippen LogP contribution in [-0.2, 0) is 6.54 Å². The SMILES string of the molecule is NC(=O)c1nn(Cc2cccc(NC(=O)c3ccc(F)cc3)c2)c2ccccc12. The topological polar surface area (TPSA) is 90.0 Å². The van der Waals surface area contributed by atoms with Crippen molar-refractivity contribution in [1.82, 2.24) is 9.78 Å². The van der Waals surface area contributed by atoms with Crippen LogP contribution < -0.4 is 11.1 Å². The van der Waals surface area contributed by atoms with Crippen molar-refractivity contribution in [2.45, 2.75) is 6.54 Å². The molecule has 2 amide bonds. The Hall–Kier alpha value is -4.00. The molecular formula is C22H17FN4O2. The summed E-state index contributed by atoms with van der Waals surface area (Å²) >= 11 is 0. The van der Waals surface area contributed by atoms with Crippen molar-refractivity contribution in [2.75, 3.05) is 5.32 Å². The molecule has 1 aromatic heterocycles. The van der Waals surface area contributed by atoms with Gasteiger partial charge in [0.1, 0.15) is 5.82 Å². The zero-order valence-electron chi connectivity index (χ0n) is 15.3. The van der Waals surface area contributed by atoms with Gasteiger partial charge in [0.2, 0.25) is 0 Å². The lowest BCUT2D eigenvalue weighted by Gasteiger charge is -2.09. The van der Waals surface area contributed by atoms with Crippen LogP contribution in [-0.4, -0.2) is 21.6 Å². The molecule has 0 radical (unpaired) electrons. The number of carbonyl (C=O) groups excluding carboxylic acids is 2. The third-order valence-electron chi connectivity index (χ3n) is 4.51. The first kappa shape index (κ1) is 18.4. The Labute approximate surface area is 165 Å². The van der Waals surface area contributed by atoms with Gasteiger partial charge in [-0.1, -0.05) is 30.3 Å². The molecule has 0 saturated heterocycles. The Morgan fingerprint density at radius 1 is 1.00 bits per heavy atom. The summed E-state index contributed by atoms with van der Waals surface area (Å²) in [5.41, 5.74) is 8.30. The Kier molecular flexibility index (Phi) is 4.78. The molecule has 3 aromatic carbocycles. The lowest BCUT2D eigenvalue weighted by atomic mass is 10.1. The van der Waals surface area contributed by atoms with E-state index in [-0.39, 0.29) is 11.6 Å². The number of halogens is 1. The van der Waals surface area contributed by atoms with Crippen LogP contribution >= 0.6 is 0 Å². The maximum Gasteiger partial charge on any atom is 0.269 e. The van der Waals surface area contributed by atoms with Gasteiger partial charge in [-0.25, -0.2) is 4.39 Å². The summed E-state index contributed by atoms with van der Waals surface area (Å²) in [4.78, 5) is 24.0. The molecule has 0 aliphatic heterocycles. The van der Waals surface area contributed by atoms with Gasteiger partial charge in [-0.05, 0) is 48.0 Å². The van der Waals surface area contributed by atoms with Crippen LogP contribution in [0.25, 0.3) is 10.9 Å². The second-order valence-corrected chi connectivity index (χ2v) is 6.55. The second kappa shape index (κ2) is 7.55. The van der Waals surface area contributed by atoms with Crippen molar-refractivity contribution in [1.29, 1.82) is 0 Å². The molecule has 7 heteroatoms. The lowest BCUT2D eigenvalue weighted by molar-refractivity contribution is 0.0994. The number of amides is 2. The predicted octanol–water partition coefficient (Wildman–Crippen LogP) is 3.57. The smallest absolute Gasteiger partial charge is 0.269 e. The molecular weight excluding hydrogens is 371 g/mol. The zero-order valence-corrected chi connectivity index (χ0v) is 15.3. The van der Waals surface area contributed by atoms with Crippen molar-refractivity contribution in [3.63, 3.8) is 0 Å². The van der Waals surface area contributed by atoms with E-state index in [1.807, 2.05) is 36.4 Å². The molecule has 4 aromatic rings. The fraction of sp³-hybridized carbons (Fsp3) is 0.0455. The van der Waals surface area contributed by atoms with Crippen LogP contribution in [0.2, 0.25) is 0 Å². The second-order valence-electron chi connectivity index (χ2n) is 6.55. The third-order valence-corrected chi connectivity index (χ3v) is 4.51. The van der Waals surface area contributed by atoms with Gasteiger partial charge in [0.15, 0.2) is 5.69 Å². The molecule has 0 saturated carbocycles. The van der Waals surface area contributed by atoms with E-state index in [4.69, 9.17) is 5.73 Å². The van der Waals surface area contributed by atoms with Gasteiger partial charge in [-0.3, -0.25) is 14.3 Å². The molecule has 4 rings (SSSR count). The van der Waals surface area contributed by atoms with Crippen LogP contribution in [0.15, 0.2) is 72.8 Å². The Morgan fingerprint density at radius 2 is 1.76 bits per heavy atom. The molecule has 1 heterocycles. The van der Waals surface area contributed by atoms with Gasteiger partial charge >= 0.3 is 0 Å². The highest BCUT2D eigenvalue weighted by Crippen LogP contribution is 2.20. The Balaban J connectivity index is 1.58. The van der Waals surface area contributed by atoms with Crippen molar-refractivity contribution >= 4 is 28.4 Å². The van der Waals surface area contributed by atoms with Gasteiger partial charge < -0.3 is 11.1 Å². The van der Waals surface area contributed by atoms with E-state index >= 15 is 0 Å². The van der Waals surface area contributed by atoms with E-state index in [0.717, 1.165) is 11.1 Å². The molecule has 0 spiro atoms. The number of nitrogens with one attached hydrogen (secondary N) is 1. The largest absolute Gasteiger partial charge is 0.364 e. The Morgan fingerprint density at radius 3 is 2.52 bits per heavy atom. The molecule has 0 bridgehead atoms. The molecule has 0 aliphatic carbocycles. The van der Waals surface area contributed by atoms with E-state index in [0.29, 0.717) is 23.2 Å². The molecule has 29 heavy (non-hydrogen) atoms. The van der Waals surface area contributed by atoms with Crippen molar-refractivity contribution in [2.24, 2.45) is 5.73 Å². The molecule has 0 atom stereocenters. The number of anilines is 1. The summed E-state index contributed by atoms with van der Waals surface area (Å²) in [7, 11) is 0. The molecule has 6 nitrogen and oxygen atoms in total. The van der Waals surface area contributed by atoms with Gasteiger partial charge in [0.05, 0.1) is 12.1 Å². The molecule has 0 unspecified atom stereocenters. The van der Waals surface area contributed by atoms with Crippen LogP contribution in [0, 0.1) is 5.82 Å². The summed E-state index contributed by atoms with van der Waals surface area (Å²) < 4.78 is 14.7. The minimum absolute atomic E-state index is 0.223. The number of fused-ring (bicyclic) bond motifs is 1. The summed E-state index contributed by atoms with van der Waals surface area (Å²) in [6, 6.07) is 20.0. The first-order valence-electron chi connectivity index (χ1n) is 8.92. The summed E-state index contributed by atoms with van der Waals surface area (Å²) in [5.74, 6) is -1.31. The molecule has 144 valence electrons. The van der Waals surface area contributed by atoms with Gasteiger partial charge in [-0.2, -0.15) is 5.10 Å². The van der Waals surface area contributed by atoms with E-state index in [1.54, 1.807) is 16.8 Å². The zero-order chi connectivity index (χ0) is 20.4. The first-order chi connectivity index (χ1) is 14.0. The molecule has 3 N–H and O–H groups in total. The fourth-order valence-corrected chi connectivity index (χ4v) is 3.15.